The van der Waals surface area contributed by atoms with Gasteiger partial charge in [0.25, 0.3) is 0 Å². The first-order chi connectivity index (χ1) is 11.8. The van der Waals surface area contributed by atoms with Gasteiger partial charge < -0.3 is 15.4 Å². The molecule has 0 spiro atoms. The first-order valence-corrected chi connectivity index (χ1v) is 9.15. The summed E-state index contributed by atoms with van der Waals surface area (Å²) in [5, 5.41) is 6.05. The topological polar surface area (TPSA) is 53.6 Å². The molecular formula is C19H29N3O2. The van der Waals surface area contributed by atoms with Crippen LogP contribution in [-0.2, 0) is 11.3 Å². The van der Waals surface area contributed by atoms with E-state index in [0.29, 0.717) is 11.8 Å². The molecule has 2 heterocycles. The van der Waals surface area contributed by atoms with Gasteiger partial charge in [-0.05, 0) is 43.2 Å². The van der Waals surface area contributed by atoms with E-state index in [1.165, 1.54) is 5.56 Å². The van der Waals surface area contributed by atoms with E-state index in [2.05, 4.69) is 45.9 Å². The number of carbonyl (C=O) groups excluding carboxylic acids is 1. The molecule has 2 aliphatic rings. The lowest BCUT2D eigenvalue weighted by atomic mass is 10.0. The molecule has 1 atom stereocenters. The molecule has 132 valence electrons. The van der Waals surface area contributed by atoms with Gasteiger partial charge in [0, 0.05) is 39.4 Å². The summed E-state index contributed by atoms with van der Waals surface area (Å²) in [6, 6.07) is 10.6. The van der Waals surface area contributed by atoms with Gasteiger partial charge in [0.05, 0.1) is 0 Å². The molecule has 2 fully saturated rings. The van der Waals surface area contributed by atoms with Gasteiger partial charge >= 0.3 is 6.03 Å². The second-order valence-corrected chi connectivity index (χ2v) is 7.02. The van der Waals surface area contributed by atoms with Gasteiger partial charge in [0.1, 0.15) is 0 Å². The Morgan fingerprint density at radius 3 is 2.50 bits per heavy atom. The number of benzene rings is 1. The summed E-state index contributed by atoms with van der Waals surface area (Å²) in [7, 11) is 0. The molecular weight excluding hydrogens is 302 g/mol. The summed E-state index contributed by atoms with van der Waals surface area (Å²) in [4.78, 5) is 14.4. The van der Waals surface area contributed by atoms with Crippen molar-refractivity contribution in [2.45, 2.75) is 25.8 Å². The number of urea groups is 1. The molecule has 5 heteroatoms. The number of rotatable bonds is 6. The summed E-state index contributed by atoms with van der Waals surface area (Å²) in [5.74, 6) is 1.12. The quantitative estimate of drug-likeness (QED) is 0.840. The first kappa shape index (κ1) is 17.2. The minimum atomic E-state index is -0.0250. The predicted molar refractivity (Wildman–Crippen MR) is 94.8 cm³/mol. The van der Waals surface area contributed by atoms with Gasteiger partial charge in [-0.2, -0.15) is 0 Å². The molecule has 24 heavy (non-hydrogen) atoms. The SMILES string of the molecule is O=C(NCC1CCOCC1)NC[C@@H]1CCN(Cc2ccccc2)C1. The first-order valence-electron chi connectivity index (χ1n) is 9.15. The third kappa shape index (κ3) is 5.49. The highest BCUT2D eigenvalue weighted by Crippen LogP contribution is 2.18. The van der Waals surface area contributed by atoms with Gasteiger partial charge in [-0.3, -0.25) is 4.90 Å². The minimum absolute atomic E-state index is 0.0250. The van der Waals surface area contributed by atoms with E-state index in [0.717, 1.165) is 65.2 Å². The molecule has 0 aliphatic carbocycles. The fraction of sp³-hybridized carbons (Fsp3) is 0.632. The largest absolute Gasteiger partial charge is 0.381 e. The Morgan fingerprint density at radius 2 is 1.75 bits per heavy atom. The van der Waals surface area contributed by atoms with Crippen LogP contribution in [0.2, 0.25) is 0 Å². The lowest BCUT2D eigenvalue weighted by Crippen LogP contribution is -2.41. The maximum atomic E-state index is 11.9. The van der Waals surface area contributed by atoms with Gasteiger partial charge in [-0.25, -0.2) is 4.79 Å². The molecule has 0 radical (unpaired) electrons. The fourth-order valence-electron chi connectivity index (χ4n) is 3.55. The van der Waals surface area contributed by atoms with Crippen LogP contribution in [0.4, 0.5) is 4.79 Å². The Bertz CT molecular complexity index is 503. The van der Waals surface area contributed by atoms with Crippen LogP contribution < -0.4 is 10.6 Å². The highest BCUT2D eigenvalue weighted by Gasteiger charge is 2.23. The second kappa shape index (κ2) is 9.04. The van der Waals surface area contributed by atoms with Crippen molar-refractivity contribution in [3.8, 4) is 0 Å². The van der Waals surface area contributed by atoms with Crippen molar-refractivity contribution < 1.29 is 9.53 Å². The molecule has 0 saturated carbocycles. The molecule has 0 aromatic heterocycles. The molecule has 1 aromatic rings. The number of hydrogen-bond donors (Lipinski definition) is 2. The molecule has 0 unspecified atom stereocenters. The van der Waals surface area contributed by atoms with Crippen molar-refractivity contribution >= 4 is 6.03 Å². The zero-order valence-electron chi connectivity index (χ0n) is 14.4. The number of ether oxygens (including phenoxy) is 1. The third-order valence-electron chi connectivity index (χ3n) is 5.06. The van der Waals surface area contributed by atoms with Crippen molar-refractivity contribution in [2.24, 2.45) is 11.8 Å². The zero-order valence-corrected chi connectivity index (χ0v) is 14.4. The summed E-state index contributed by atoms with van der Waals surface area (Å²) in [5.41, 5.74) is 1.36. The van der Waals surface area contributed by atoms with E-state index in [1.807, 2.05) is 0 Å². The lowest BCUT2D eigenvalue weighted by molar-refractivity contribution is 0.0669. The Balaban J connectivity index is 1.30. The highest BCUT2D eigenvalue weighted by molar-refractivity contribution is 5.73. The summed E-state index contributed by atoms with van der Waals surface area (Å²) in [6.45, 7) is 6.37. The number of hydrogen-bond acceptors (Lipinski definition) is 3. The zero-order chi connectivity index (χ0) is 16.6. The van der Waals surface area contributed by atoms with Crippen LogP contribution in [0.15, 0.2) is 30.3 Å². The van der Waals surface area contributed by atoms with Crippen LogP contribution in [0, 0.1) is 11.8 Å². The van der Waals surface area contributed by atoms with Crippen molar-refractivity contribution in [3.05, 3.63) is 35.9 Å². The van der Waals surface area contributed by atoms with Crippen LogP contribution in [0.3, 0.4) is 0 Å². The molecule has 3 rings (SSSR count). The van der Waals surface area contributed by atoms with E-state index in [4.69, 9.17) is 4.74 Å². The van der Waals surface area contributed by atoms with E-state index < -0.39 is 0 Å². The molecule has 5 nitrogen and oxygen atoms in total. The normalized spacial score (nSPS) is 22.4. The van der Waals surface area contributed by atoms with Crippen LogP contribution >= 0.6 is 0 Å². The number of nitrogens with zero attached hydrogens (tertiary/aromatic N) is 1. The van der Waals surface area contributed by atoms with Crippen molar-refractivity contribution in [2.75, 3.05) is 39.4 Å². The average Bonchev–Trinajstić information content (AvgIpc) is 3.07. The van der Waals surface area contributed by atoms with E-state index in [1.54, 1.807) is 0 Å². The van der Waals surface area contributed by atoms with Gasteiger partial charge in [-0.1, -0.05) is 30.3 Å². The third-order valence-corrected chi connectivity index (χ3v) is 5.06. The Hall–Kier alpha value is -1.59. The maximum Gasteiger partial charge on any atom is 0.314 e. The van der Waals surface area contributed by atoms with Crippen molar-refractivity contribution in [1.82, 2.24) is 15.5 Å². The number of carbonyl (C=O) groups is 1. The van der Waals surface area contributed by atoms with Crippen molar-refractivity contribution in [1.29, 1.82) is 0 Å². The summed E-state index contributed by atoms with van der Waals surface area (Å²) < 4.78 is 5.34. The summed E-state index contributed by atoms with van der Waals surface area (Å²) >= 11 is 0. The molecule has 2 N–H and O–H groups in total. The predicted octanol–water partition coefficient (Wildman–Crippen LogP) is 2.23. The molecule has 2 amide bonds. The van der Waals surface area contributed by atoms with E-state index in [-0.39, 0.29) is 6.03 Å². The highest BCUT2D eigenvalue weighted by atomic mass is 16.5. The van der Waals surface area contributed by atoms with Crippen LogP contribution in [0.5, 0.6) is 0 Å². The number of amides is 2. The van der Waals surface area contributed by atoms with Crippen LogP contribution in [0.25, 0.3) is 0 Å². The fourth-order valence-corrected chi connectivity index (χ4v) is 3.55. The maximum absolute atomic E-state index is 11.9. The Kier molecular flexibility index (Phi) is 6.49. The van der Waals surface area contributed by atoms with E-state index in [9.17, 15) is 4.79 Å². The number of likely N-dealkylation sites (tertiary alicyclic amines) is 1. The standard InChI is InChI=1S/C19H29N3O2/c23-19(20-12-16-7-10-24-11-8-16)21-13-18-6-9-22(15-18)14-17-4-2-1-3-5-17/h1-5,16,18H,6-15H2,(H2,20,21,23)/t18-/m0/s1. The Labute approximate surface area is 144 Å². The average molecular weight is 331 g/mol. The minimum Gasteiger partial charge on any atom is -0.381 e. The molecule has 2 saturated heterocycles. The van der Waals surface area contributed by atoms with Crippen LogP contribution in [-0.4, -0.2) is 50.3 Å². The van der Waals surface area contributed by atoms with Crippen LogP contribution in [0.1, 0.15) is 24.8 Å². The van der Waals surface area contributed by atoms with Gasteiger partial charge in [0.15, 0.2) is 0 Å². The monoisotopic (exact) mass is 331 g/mol. The summed E-state index contributed by atoms with van der Waals surface area (Å²) in [6.07, 6.45) is 3.27. The van der Waals surface area contributed by atoms with Gasteiger partial charge in [0.2, 0.25) is 0 Å². The smallest absolute Gasteiger partial charge is 0.314 e. The molecule has 0 bridgehead atoms. The van der Waals surface area contributed by atoms with Gasteiger partial charge in [-0.15, -0.1) is 0 Å². The number of nitrogens with one attached hydrogen (secondary N) is 2. The van der Waals surface area contributed by atoms with Crippen molar-refractivity contribution in [3.63, 3.8) is 0 Å². The van der Waals surface area contributed by atoms with E-state index >= 15 is 0 Å². The molecule has 2 aliphatic heterocycles. The second-order valence-electron chi connectivity index (χ2n) is 7.02. The molecule has 1 aromatic carbocycles. The lowest BCUT2D eigenvalue weighted by Gasteiger charge is -2.22. The Morgan fingerprint density at radius 1 is 1.04 bits per heavy atom.